The SMILES string of the molecule is CCCCc1nc(-n2cnc3ccc(F)cc32)nc2c1[nH]c(=O)n2Cc1cccc(F)c1OCC. The maximum atomic E-state index is 14.4. The minimum Gasteiger partial charge on any atom is -0.490 e. The van der Waals surface area contributed by atoms with Gasteiger partial charge in [-0.25, -0.2) is 23.5 Å². The Morgan fingerprint density at radius 3 is 2.77 bits per heavy atom. The van der Waals surface area contributed by atoms with E-state index in [0.717, 1.165) is 12.8 Å². The molecule has 0 fully saturated rings. The number of rotatable bonds is 8. The Balaban J connectivity index is 1.70. The van der Waals surface area contributed by atoms with E-state index >= 15 is 0 Å². The van der Waals surface area contributed by atoms with Crippen molar-refractivity contribution in [2.75, 3.05) is 6.61 Å². The average Bonchev–Trinajstić information content (AvgIpc) is 3.40. The Hall–Kier alpha value is -4.08. The third kappa shape index (κ3) is 4.16. The molecule has 0 unspecified atom stereocenters. The molecule has 10 heteroatoms. The smallest absolute Gasteiger partial charge is 0.328 e. The number of nitrogens with zero attached hydrogens (tertiary/aromatic N) is 5. The molecule has 0 aliphatic carbocycles. The van der Waals surface area contributed by atoms with Crippen molar-refractivity contribution < 1.29 is 13.5 Å². The van der Waals surface area contributed by atoms with E-state index in [1.54, 1.807) is 29.7 Å². The summed E-state index contributed by atoms with van der Waals surface area (Å²) in [6, 6.07) is 8.90. The molecule has 0 saturated heterocycles. The number of aromatic nitrogens is 6. The van der Waals surface area contributed by atoms with Crippen LogP contribution in [0.1, 0.15) is 37.9 Å². The first-order valence-electron chi connectivity index (χ1n) is 11.5. The maximum absolute atomic E-state index is 14.4. The zero-order chi connectivity index (χ0) is 24.5. The molecule has 35 heavy (non-hydrogen) atoms. The molecule has 8 nitrogen and oxygen atoms in total. The first-order chi connectivity index (χ1) is 17.0. The largest absolute Gasteiger partial charge is 0.490 e. The van der Waals surface area contributed by atoms with Crippen LogP contribution < -0.4 is 10.4 Å². The van der Waals surface area contributed by atoms with E-state index in [1.807, 2.05) is 0 Å². The molecule has 0 aliphatic rings. The summed E-state index contributed by atoms with van der Waals surface area (Å²) in [7, 11) is 0. The molecule has 0 amide bonds. The van der Waals surface area contributed by atoms with Crippen molar-refractivity contribution in [1.29, 1.82) is 0 Å². The fourth-order valence-electron chi connectivity index (χ4n) is 4.15. The monoisotopic (exact) mass is 478 g/mol. The first kappa shape index (κ1) is 22.7. The van der Waals surface area contributed by atoms with E-state index in [4.69, 9.17) is 9.72 Å². The van der Waals surface area contributed by atoms with Crippen molar-refractivity contribution in [2.24, 2.45) is 0 Å². The normalized spacial score (nSPS) is 11.5. The highest BCUT2D eigenvalue weighted by molar-refractivity contribution is 5.78. The van der Waals surface area contributed by atoms with Gasteiger partial charge < -0.3 is 9.72 Å². The average molecular weight is 479 g/mol. The summed E-state index contributed by atoms with van der Waals surface area (Å²) in [4.78, 5) is 29.6. The quantitative estimate of drug-likeness (QED) is 0.354. The lowest BCUT2D eigenvalue weighted by Crippen LogP contribution is -2.18. The van der Waals surface area contributed by atoms with Crippen LogP contribution in [0.25, 0.3) is 28.1 Å². The van der Waals surface area contributed by atoms with Crippen LogP contribution in [0.15, 0.2) is 47.5 Å². The summed E-state index contributed by atoms with van der Waals surface area (Å²) in [6.07, 6.45) is 3.94. The standard InChI is InChI=1S/C25H24F2N6O2/c1-3-5-9-19-21-23(31-24(29-19)33-14-28-18-11-10-16(26)12-20(18)33)32(25(34)30-21)13-15-7-6-8-17(27)22(15)35-4-2/h6-8,10-12,14H,3-5,9,13H2,1-2H3,(H,30,34). The van der Waals surface area contributed by atoms with Crippen molar-refractivity contribution >= 4 is 22.2 Å². The zero-order valence-corrected chi connectivity index (χ0v) is 19.4. The molecular weight excluding hydrogens is 454 g/mol. The molecule has 3 aromatic heterocycles. The molecule has 0 radical (unpaired) electrons. The second-order valence-electron chi connectivity index (χ2n) is 8.20. The molecule has 5 rings (SSSR count). The van der Waals surface area contributed by atoms with Crippen LogP contribution in [0.2, 0.25) is 0 Å². The lowest BCUT2D eigenvalue weighted by atomic mass is 10.1. The predicted molar refractivity (Wildman–Crippen MR) is 128 cm³/mol. The molecule has 0 saturated carbocycles. The van der Waals surface area contributed by atoms with E-state index < -0.39 is 17.3 Å². The Kier molecular flexibility index (Phi) is 6.02. The van der Waals surface area contributed by atoms with Crippen molar-refractivity contribution in [3.63, 3.8) is 0 Å². The number of aryl methyl sites for hydroxylation is 1. The minimum absolute atomic E-state index is 0.0505. The van der Waals surface area contributed by atoms with Crippen LogP contribution in [0.5, 0.6) is 5.75 Å². The van der Waals surface area contributed by atoms with Crippen LogP contribution in [0, 0.1) is 11.6 Å². The Morgan fingerprint density at radius 1 is 1.11 bits per heavy atom. The third-order valence-corrected chi connectivity index (χ3v) is 5.84. The molecule has 5 aromatic rings. The Labute approximate surface area is 199 Å². The van der Waals surface area contributed by atoms with Crippen molar-refractivity contribution in [3.8, 4) is 11.7 Å². The summed E-state index contributed by atoms with van der Waals surface area (Å²) in [6.45, 7) is 4.17. The fraction of sp³-hybridized carbons (Fsp3) is 0.280. The van der Waals surface area contributed by atoms with Crippen molar-refractivity contribution in [1.82, 2.24) is 29.1 Å². The number of ether oxygens (including phenoxy) is 1. The molecule has 0 aliphatic heterocycles. The van der Waals surface area contributed by atoms with Gasteiger partial charge in [0.15, 0.2) is 17.2 Å². The number of para-hydroxylation sites is 1. The van der Waals surface area contributed by atoms with Gasteiger partial charge in [0.25, 0.3) is 0 Å². The fourth-order valence-corrected chi connectivity index (χ4v) is 4.15. The van der Waals surface area contributed by atoms with Gasteiger partial charge in [0.1, 0.15) is 17.7 Å². The van der Waals surface area contributed by atoms with E-state index in [0.29, 0.717) is 39.9 Å². The van der Waals surface area contributed by atoms with Crippen molar-refractivity contribution in [3.05, 3.63) is 76.1 Å². The highest BCUT2D eigenvalue weighted by Gasteiger charge is 2.19. The summed E-state index contributed by atoms with van der Waals surface area (Å²) in [5.41, 5.74) is 2.80. The number of imidazole rings is 2. The van der Waals surface area contributed by atoms with Gasteiger partial charge in [0.2, 0.25) is 5.95 Å². The molecule has 1 N–H and O–H groups in total. The second kappa shape index (κ2) is 9.28. The predicted octanol–water partition coefficient (Wildman–Crippen LogP) is 4.53. The summed E-state index contributed by atoms with van der Waals surface area (Å²) in [5.74, 6) is -0.524. The number of hydrogen-bond donors (Lipinski definition) is 1. The van der Waals surface area contributed by atoms with Gasteiger partial charge in [-0.1, -0.05) is 25.5 Å². The summed E-state index contributed by atoms with van der Waals surface area (Å²) in [5, 5.41) is 0. The summed E-state index contributed by atoms with van der Waals surface area (Å²) < 4.78 is 36.9. The summed E-state index contributed by atoms with van der Waals surface area (Å²) >= 11 is 0. The molecule has 0 spiro atoms. The molecular formula is C25H24F2N6O2. The second-order valence-corrected chi connectivity index (χ2v) is 8.20. The van der Waals surface area contributed by atoms with Gasteiger partial charge in [0, 0.05) is 11.6 Å². The third-order valence-electron chi connectivity index (χ3n) is 5.84. The van der Waals surface area contributed by atoms with Crippen LogP contribution >= 0.6 is 0 Å². The first-order valence-corrected chi connectivity index (χ1v) is 11.5. The van der Waals surface area contributed by atoms with Gasteiger partial charge in [-0.05, 0) is 38.0 Å². The van der Waals surface area contributed by atoms with E-state index in [2.05, 4.69) is 21.9 Å². The minimum atomic E-state index is -0.497. The topological polar surface area (TPSA) is 90.6 Å². The highest BCUT2D eigenvalue weighted by Crippen LogP contribution is 2.26. The molecule has 3 heterocycles. The van der Waals surface area contributed by atoms with Gasteiger partial charge in [0.05, 0.1) is 29.9 Å². The van der Waals surface area contributed by atoms with Crippen LogP contribution in [-0.4, -0.2) is 35.7 Å². The number of aromatic amines is 1. The number of benzene rings is 2. The number of nitrogens with one attached hydrogen (secondary N) is 1. The van der Waals surface area contributed by atoms with Gasteiger partial charge >= 0.3 is 5.69 Å². The van der Waals surface area contributed by atoms with Crippen LogP contribution in [0.3, 0.4) is 0 Å². The van der Waals surface area contributed by atoms with Gasteiger partial charge in [-0.15, -0.1) is 0 Å². The van der Waals surface area contributed by atoms with Gasteiger partial charge in [-0.2, -0.15) is 4.98 Å². The molecule has 0 atom stereocenters. The van der Waals surface area contributed by atoms with E-state index in [-0.39, 0.29) is 24.8 Å². The number of halogens is 2. The highest BCUT2D eigenvalue weighted by atomic mass is 19.1. The number of H-pyrrole nitrogens is 1. The van der Waals surface area contributed by atoms with Gasteiger partial charge in [-0.3, -0.25) is 9.13 Å². The van der Waals surface area contributed by atoms with Crippen molar-refractivity contribution in [2.45, 2.75) is 39.7 Å². The number of hydrogen-bond acceptors (Lipinski definition) is 5. The maximum Gasteiger partial charge on any atom is 0.328 e. The van der Waals surface area contributed by atoms with Crippen LogP contribution in [-0.2, 0) is 13.0 Å². The number of unbranched alkanes of at least 4 members (excludes halogenated alkanes) is 1. The zero-order valence-electron chi connectivity index (χ0n) is 19.4. The van der Waals surface area contributed by atoms with E-state index in [1.165, 1.54) is 29.1 Å². The Morgan fingerprint density at radius 2 is 1.97 bits per heavy atom. The van der Waals surface area contributed by atoms with E-state index in [9.17, 15) is 13.6 Å². The molecule has 0 bridgehead atoms. The molecule has 2 aromatic carbocycles. The lowest BCUT2D eigenvalue weighted by molar-refractivity contribution is 0.317. The number of fused-ring (bicyclic) bond motifs is 2. The van der Waals surface area contributed by atoms with Crippen LogP contribution in [0.4, 0.5) is 8.78 Å². The molecule has 180 valence electrons. The lowest BCUT2D eigenvalue weighted by Gasteiger charge is -2.12. The Bertz CT molecular complexity index is 1590.